The van der Waals surface area contributed by atoms with Gasteiger partial charge in [-0.2, -0.15) is 0 Å². The summed E-state index contributed by atoms with van der Waals surface area (Å²) < 4.78 is 0. The van der Waals surface area contributed by atoms with Crippen molar-refractivity contribution < 1.29 is 0 Å². The van der Waals surface area contributed by atoms with E-state index in [4.69, 9.17) is 0 Å². The van der Waals surface area contributed by atoms with Crippen LogP contribution in [0.15, 0.2) is 27.1 Å². The van der Waals surface area contributed by atoms with Crippen molar-refractivity contribution in [2.75, 3.05) is 13.1 Å². The van der Waals surface area contributed by atoms with Crippen LogP contribution < -0.4 is 0 Å². The van der Waals surface area contributed by atoms with Gasteiger partial charge < -0.3 is 0 Å². The maximum absolute atomic E-state index is 4.59. The minimum Gasteiger partial charge on any atom is -0.281 e. The van der Waals surface area contributed by atoms with Crippen molar-refractivity contribution in [1.29, 1.82) is 0 Å². The van der Waals surface area contributed by atoms with Gasteiger partial charge in [-0.25, -0.2) is 4.99 Å². The summed E-state index contributed by atoms with van der Waals surface area (Å²) >= 11 is 0. The Morgan fingerprint density at radius 1 is 0.944 bits per heavy atom. The predicted molar refractivity (Wildman–Crippen MR) is 81.3 cm³/mol. The molecular formula is C15H25N3. The molecule has 0 atom stereocenters. The number of unbranched alkanes of at least 4 members (excludes halogenated alkanes) is 4. The molecule has 0 aromatic rings. The zero-order chi connectivity index (χ0) is 13.1. The van der Waals surface area contributed by atoms with E-state index in [2.05, 4.69) is 28.8 Å². The van der Waals surface area contributed by atoms with Gasteiger partial charge in [0.15, 0.2) is 5.84 Å². The third-order valence-corrected chi connectivity index (χ3v) is 2.83. The first-order valence-corrected chi connectivity index (χ1v) is 7.18. The topological polar surface area (TPSA) is 37.1 Å². The van der Waals surface area contributed by atoms with Crippen molar-refractivity contribution in [2.24, 2.45) is 15.0 Å². The lowest BCUT2D eigenvalue weighted by atomic mass is 10.2. The Morgan fingerprint density at radius 3 is 2.28 bits per heavy atom. The predicted octanol–water partition coefficient (Wildman–Crippen LogP) is 3.85. The Hall–Kier alpha value is -1.25. The molecule has 1 aliphatic rings. The number of amidine groups is 1. The van der Waals surface area contributed by atoms with Crippen LogP contribution in [-0.4, -0.2) is 30.9 Å². The van der Waals surface area contributed by atoms with E-state index in [0.29, 0.717) is 0 Å². The van der Waals surface area contributed by atoms with Gasteiger partial charge in [0, 0.05) is 19.3 Å². The first kappa shape index (κ1) is 14.8. The van der Waals surface area contributed by atoms with Crippen LogP contribution in [0.4, 0.5) is 0 Å². The highest BCUT2D eigenvalue weighted by Gasteiger charge is 2.06. The SMILES string of the molecule is CCCCCN=C1C=CC=NC1=NCCCCC. The van der Waals surface area contributed by atoms with E-state index < -0.39 is 0 Å². The fraction of sp³-hybridized carbons (Fsp3) is 0.667. The molecule has 0 unspecified atom stereocenters. The third-order valence-electron chi connectivity index (χ3n) is 2.83. The number of rotatable bonds is 8. The summed E-state index contributed by atoms with van der Waals surface area (Å²) in [6.45, 7) is 6.16. The average Bonchev–Trinajstić information content (AvgIpc) is 2.41. The zero-order valence-corrected chi connectivity index (χ0v) is 11.7. The molecule has 0 aromatic carbocycles. The van der Waals surface area contributed by atoms with Gasteiger partial charge in [0.25, 0.3) is 0 Å². The molecule has 1 heterocycles. The molecule has 0 aliphatic carbocycles. The lowest BCUT2D eigenvalue weighted by Crippen LogP contribution is -2.14. The van der Waals surface area contributed by atoms with Crippen LogP contribution in [0.3, 0.4) is 0 Å². The van der Waals surface area contributed by atoms with E-state index in [-0.39, 0.29) is 0 Å². The Morgan fingerprint density at radius 2 is 1.61 bits per heavy atom. The van der Waals surface area contributed by atoms with Gasteiger partial charge in [-0.1, -0.05) is 39.5 Å². The quantitative estimate of drug-likeness (QED) is 0.584. The van der Waals surface area contributed by atoms with Gasteiger partial charge in [-0.15, -0.1) is 0 Å². The number of hydrogen-bond acceptors (Lipinski definition) is 2. The van der Waals surface area contributed by atoms with Crippen LogP contribution in [0, 0.1) is 0 Å². The van der Waals surface area contributed by atoms with Gasteiger partial charge in [0.05, 0.1) is 0 Å². The highest BCUT2D eigenvalue weighted by atomic mass is 14.9. The Kier molecular flexibility index (Phi) is 8.02. The monoisotopic (exact) mass is 247 g/mol. The molecule has 0 radical (unpaired) electrons. The molecule has 0 saturated carbocycles. The van der Waals surface area contributed by atoms with Crippen LogP contribution in [0.1, 0.15) is 52.4 Å². The maximum Gasteiger partial charge on any atom is 0.173 e. The number of aliphatic imine (C=N–C) groups is 3. The van der Waals surface area contributed by atoms with Crippen molar-refractivity contribution in [1.82, 2.24) is 0 Å². The normalized spacial score (nSPS) is 19.0. The molecule has 0 bridgehead atoms. The van der Waals surface area contributed by atoms with Crippen LogP contribution in [0.5, 0.6) is 0 Å². The van der Waals surface area contributed by atoms with E-state index >= 15 is 0 Å². The lowest BCUT2D eigenvalue weighted by molar-refractivity contribution is 0.726. The molecule has 100 valence electrons. The molecule has 3 nitrogen and oxygen atoms in total. The average molecular weight is 247 g/mol. The van der Waals surface area contributed by atoms with Crippen molar-refractivity contribution in [3.63, 3.8) is 0 Å². The van der Waals surface area contributed by atoms with Gasteiger partial charge in [-0.05, 0) is 25.0 Å². The van der Waals surface area contributed by atoms with Crippen molar-refractivity contribution >= 4 is 17.8 Å². The summed E-state index contributed by atoms with van der Waals surface area (Å²) in [4.78, 5) is 13.4. The van der Waals surface area contributed by atoms with Crippen LogP contribution >= 0.6 is 0 Å². The zero-order valence-electron chi connectivity index (χ0n) is 11.7. The van der Waals surface area contributed by atoms with E-state index in [1.165, 1.54) is 25.7 Å². The van der Waals surface area contributed by atoms with Crippen molar-refractivity contribution in [2.45, 2.75) is 52.4 Å². The summed E-state index contributed by atoms with van der Waals surface area (Å²) in [5, 5.41) is 0. The number of allylic oxidation sites excluding steroid dienone is 1. The molecule has 0 aromatic heterocycles. The molecule has 0 amide bonds. The number of nitrogens with zero attached hydrogens (tertiary/aromatic N) is 3. The molecule has 0 fully saturated rings. The highest BCUT2D eigenvalue weighted by Crippen LogP contribution is 2.01. The summed E-state index contributed by atoms with van der Waals surface area (Å²) in [5.74, 6) is 0.810. The third kappa shape index (κ3) is 5.89. The van der Waals surface area contributed by atoms with Gasteiger partial charge in [0.1, 0.15) is 5.71 Å². The van der Waals surface area contributed by atoms with Gasteiger partial charge in [-0.3, -0.25) is 9.98 Å². The first-order valence-electron chi connectivity index (χ1n) is 7.18. The summed E-state index contributed by atoms with van der Waals surface area (Å²) in [6, 6.07) is 0. The Labute approximate surface area is 111 Å². The summed E-state index contributed by atoms with van der Waals surface area (Å²) in [5.41, 5.74) is 0.949. The van der Waals surface area contributed by atoms with Crippen molar-refractivity contribution in [3.8, 4) is 0 Å². The second kappa shape index (κ2) is 9.75. The first-order chi connectivity index (χ1) is 8.88. The molecule has 18 heavy (non-hydrogen) atoms. The van der Waals surface area contributed by atoms with Crippen LogP contribution in [0.2, 0.25) is 0 Å². The Balaban J connectivity index is 2.47. The lowest BCUT2D eigenvalue weighted by Gasteiger charge is -2.05. The molecule has 0 spiro atoms. The minimum absolute atomic E-state index is 0.810. The molecule has 1 aliphatic heterocycles. The fourth-order valence-corrected chi connectivity index (χ4v) is 1.74. The number of hydrogen-bond donors (Lipinski definition) is 0. The van der Waals surface area contributed by atoms with E-state index in [1.807, 2.05) is 12.2 Å². The van der Waals surface area contributed by atoms with Gasteiger partial charge >= 0.3 is 0 Å². The van der Waals surface area contributed by atoms with Gasteiger partial charge in [0.2, 0.25) is 0 Å². The minimum atomic E-state index is 0.810. The molecule has 0 N–H and O–H groups in total. The molecule has 3 heteroatoms. The second-order valence-electron chi connectivity index (χ2n) is 4.52. The Bertz CT molecular complexity index is 304. The summed E-state index contributed by atoms with van der Waals surface area (Å²) in [6.07, 6.45) is 13.0. The molecule has 1 rings (SSSR count). The highest BCUT2D eigenvalue weighted by molar-refractivity contribution is 6.48. The number of dihydropyridines is 1. The molecule has 0 saturated heterocycles. The van der Waals surface area contributed by atoms with Crippen molar-refractivity contribution in [3.05, 3.63) is 12.2 Å². The van der Waals surface area contributed by atoms with Crippen LogP contribution in [0.25, 0.3) is 0 Å². The fourth-order valence-electron chi connectivity index (χ4n) is 1.74. The maximum atomic E-state index is 4.59. The standard InChI is InChI=1S/C15H25N3/c1-3-5-7-11-16-14-10-9-13-18-15(14)17-12-8-6-4-2/h9-10,13H,3-8,11-12H2,1-2H3. The summed E-state index contributed by atoms with van der Waals surface area (Å²) in [7, 11) is 0. The second-order valence-corrected chi connectivity index (χ2v) is 4.52. The van der Waals surface area contributed by atoms with E-state index in [1.54, 1.807) is 6.21 Å². The van der Waals surface area contributed by atoms with Crippen LogP contribution in [-0.2, 0) is 0 Å². The smallest absolute Gasteiger partial charge is 0.173 e. The molecular weight excluding hydrogens is 222 g/mol. The largest absolute Gasteiger partial charge is 0.281 e. The van der Waals surface area contributed by atoms with E-state index in [0.717, 1.165) is 37.5 Å². The van der Waals surface area contributed by atoms with E-state index in [9.17, 15) is 0 Å².